The number of rotatable bonds is 4. The Morgan fingerprint density at radius 3 is 2.88 bits per heavy atom. The van der Waals surface area contributed by atoms with Crippen LogP contribution < -0.4 is 11.1 Å². The molecule has 17 heavy (non-hydrogen) atoms. The molecule has 0 bridgehead atoms. The van der Waals surface area contributed by atoms with E-state index < -0.39 is 0 Å². The number of hydrogen-bond acceptors (Lipinski definition) is 5. The average Bonchev–Trinajstić information content (AvgIpc) is 2.33. The van der Waals surface area contributed by atoms with Gasteiger partial charge in [-0.1, -0.05) is 12.1 Å². The van der Waals surface area contributed by atoms with Gasteiger partial charge in [0, 0.05) is 12.8 Å². The van der Waals surface area contributed by atoms with Gasteiger partial charge >= 0.3 is 0 Å². The van der Waals surface area contributed by atoms with Crippen LogP contribution in [0.5, 0.6) is 0 Å². The van der Waals surface area contributed by atoms with Gasteiger partial charge in [0.05, 0.1) is 19.0 Å². The minimum atomic E-state index is 0.406. The molecule has 0 aliphatic carbocycles. The molecule has 1 heterocycles. The fourth-order valence-electron chi connectivity index (χ4n) is 1.46. The van der Waals surface area contributed by atoms with Gasteiger partial charge in [-0.15, -0.1) is 0 Å². The zero-order chi connectivity index (χ0) is 12.1. The van der Waals surface area contributed by atoms with Crippen molar-refractivity contribution in [1.29, 1.82) is 0 Å². The number of aromatic nitrogens is 2. The second kappa shape index (κ2) is 5.27. The Morgan fingerprint density at radius 2 is 2.18 bits per heavy atom. The number of nitrogens with two attached hydrogens (primary N) is 1. The molecule has 0 amide bonds. The number of nitrogens with zero attached hydrogens (tertiary/aromatic N) is 2. The maximum Gasteiger partial charge on any atom is 0.149 e. The van der Waals surface area contributed by atoms with E-state index in [1.54, 1.807) is 13.3 Å². The average molecular weight is 230 g/mol. The number of benzene rings is 1. The van der Waals surface area contributed by atoms with E-state index in [1.165, 1.54) is 6.20 Å². The monoisotopic (exact) mass is 230 g/mol. The van der Waals surface area contributed by atoms with Crippen molar-refractivity contribution in [3.05, 3.63) is 42.2 Å². The van der Waals surface area contributed by atoms with Gasteiger partial charge in [0.15, 0.2) is 0 Å². The maximum absolute atomic E-state index is 5.47. The molecule has 0 aliphatic rings. The van der Waals surface area contributed by atoms with Crippen molar-refractivity contribution in [2.24, 2.45) is 0 Å². The topological polar surface area (TPSA) is 73.1 Å². The molecule has 0 saturated carbocycles. The van der Waals surface area contributed by atoms with E-state index in [0.717, 1.165) is 11.3 Å². The van der Waals surface area contributed by atoms with Gasteiger partial charge in [0.1, 0.15) is 11.6 Å². The second-order valence-corrected chi connectivity index (χ2v) is 3.58. The molecular formula is C12H14N4O. The quantitative estimate of drug-likeness (QED) is 0.839. The lowest BCUT2D eigenvalue weighted by molar-refractivity contribution is 0.185. The Labute approximate surface area is 99.7 Å². The zero-order valence-electron chi connectivity index (χ0n) is 9.55. The van der Waals surface area contributed by atoms with Crippen LogP contribution in [0.4, 0.5) is 17.3 Å². The van der Waals surface area contributed by atoms with Gasteiger partial charge in [-0.2, -0.15) is 0 Å². The number of anilines is 3. The van der Waals surface area contributed by atoms with Crippen LogP contribution in [-0.2, 0) is 11.3 Å². The molecule has 5 heteroatoms. The summed E-state index contributed by atoms with van der Waals surface area (Å²) >= 11 is 0. The van der Waals surface area contributed by atoms with Crippen molar-refractivity contribution in [2.75, 3.05) is 18.2 Å². The van der Waals surface area contributed by atoms with Crippen molar-refractivity contribution in [1.82, 2.24) is 9.97 Å². The molecule has 5 nitrogen and oxygen atoms in total. The second-order valence-electron chi connectivity index (χ2n) is 3.58. The molecule has 2 rings (SSSR count). The van der Waals surface area contributed by atoms with Gasteiger partial charge in [-0.05, 0) is 17.7 Å². The zero-order valence-corrected chi connectivity index (χ0v) is 9.55. The molecule has 0 unspecified atom stereocenters. The maximum atomic E-state index is 5.47. The molecular weight excluding hydrogens is 216 g/mol. The van der Waals surface area contributed by atoms with Gasteiger partial charge < -0.3 is 15.8 Å². The summed E-state index contributed by atoms with van der Waals surface area (Å²) in [7, 11) is 1.67. The van der Waals surface area contributed by atoms with Crippen LogP contribution in [0.25, 0.3) is 0 Å². The van der Waals surface area contributed by atoms with Crippen molar-refractivity contribution in [3.63, 3.8) is 0 Å². The summed E-state index contributed by atoms with van der Waals surface area (Å²) in [6.07, 6.45) is 3.11. The fourth-order valence-corrected chi connectivity index (χ4v) is 1.46. The van der Waals surface area contributed by atoms with E-state index in [4.69, 9.17) is 10.5 Å². The Bertz CT molecular complexity index is 484. The molecule has 1 aromatic carbocycles. The third-order valence-corrected chi connectivity index (χ3v) is 2.18. The normalized spacial score (nSPS) is 10.2. The smallest absolute Gasteiger partial charge is 0.149 e. The number of ether oxygens (including phenoxy) is 1. The van der Waals surface area contributed by atoms with Crippen LogP contribution in [0.15, 0.2) is 36.7 Å². The Kier molecular flexibility index (Phi) is 3.52. The number of nitrogen functional groups attached to an aromatic ring is 1. The Balaban J connectivity index is 2.12. The molecule has 0 saturated heterocycles. The number of methoxy groups -OCH3 is 1. The van der Waals surface area contributed by atoms with Gasteiger partial charge in [0.25, 0.3) is 0 Å². The molecule has 88 valence electrons. The highest BCUT2D eigenvalue weighted by molar-refractivity contribution is 5.56. The molecule has 0 aliphatic heterocycles. The predicted octanol–water partition coefficient (Wildman–Crippen LogP) is 1.95. The highest BCUT2D eigenvalue weighted by Crippen LogP contribution is 2.16. The van der Waals surface area contributed by atoms with Gasteiger partial charge in [-0.3, -0.25) is 0 Å². The summed E-state index contributed by atoms with van der Waals surface area (Å²) in [5, 5.41) is 3.15. The summed E-state index contributed by atoms with van der Waals surface area (Å²) in [4.78, 5) is 8.08. The molecule has 0 atom stereocenters. The SMILES string of the molecule is COCc1cccc(Nc2cnc(N)cn2)c1. The summed E-state index contributed by atoms with van der Waals surface area (Å²) < 4.78 is 5.08. The van der Waals surface area contributed by atoms with Crippen LogP contribution in [0, 0.1) is 0 Å². The third-order valence-electron chi connectivity index (χ3n) is 2.18. The van der Waals surface area contributed by atoms with Crippen LogP contribution in [-0.4, -0.2) is 17.1 Å². The van der Waals surface area contributed by atoms with Crippen molar-refractivity contribution in [3.8, 4) is 0 Å². The van der Waals surface area contributed by atoms with E-state index in [1.807, 2.05) is 24.3 Å². The molecule has 0 fully saturated rings. The first kappa shape index (κ1) is 11.3. The minimum absolute atomic E-state index is 0.406. The van der Waals surface area contributed by atoms with Crippen LogP contribution >= 0.6 is 0 Å². The highest BCUT2D eigenvalue weighted by atomic mass is 16.5. The number of hydrogen-bond donors (Lipinski definition) is 2. The Hall–Kier alpha value is -2.14. The van der Waals surface area contributed by atoms with Gasteiger partial charge in [-0.25, -0.2) is 9.97 Å². The minimum Gasteiger partial charge on any atom is -0.382 e. The fraction of sp³-hybridized carbons (Fsp3) is 0.167. The lowest BCUT2D eigenvalue weighted by atomic mass is 10.2. The molecule has 0 radical (unpaired) electrons. The summed E-state index contributed by atoms with van der Waals surface area (Å²) in [6.45, 7) is 0.586. The van der Waals surface area contributed by atoms with Crippen molar-refractivity contribution >= 4 is 17.3 Å². The molecule has 2 aromatic rings. The van der Waals surface area contributed by atoms with Crippen molar-refractivity contribution in [2.45, 2.75) is 6.61 Å². The largest absolute Gasteiger partial charge is 0.382 e. The van der Waals surface area contributed by atoms with Crippen LogP contribution in [0.1, 0.15) is 5.56 Å². The van der Waals surface area contributed by atoms with E-state index >= 15 is 0 Å². The van der Waals surface area contributed by atoms with Crippen molar-refractivity contribution < 1.29 is 4.74 Å². The molecule has 1 aromatic heterocycles. The van der Waals surface area contributed by atoms with E-state index in [0.29, 0.717) is 18.2 Å². The van der Waals surface area contributed by atoms with E-state index in [2.05, 4.69) is 15.3 Å². The van der Waals surface area contributed by atoms with Crippen LogP contribution in [0.3, 0.4) is 0 Å². The first-order valence-corrected chi connectivity index (χ1v) is 5.20. The molecule has 0 spiro atoms. The highest BCUT2D eigenvalue weighted by Gasteiger charge is 1.98. The molecule has 3 N–H and O–H groups in total. The van der Waals surface area contributed by atoms with E-state index in [-0.39, 0.29) is 0 Å². The lowest BCUT2D eigenvalue weighted by Crippen LogP contribution is -1.97. The van der Waals surface area contributed by atoms with Crippen LogP contribution in [0.2, 0.25) is 0 Å². The third kappa shape index (κ3) is 3.15. The first-order valence-electron chi connectivity index (χ1n) is 5.20. The van der Waals surface area contributed by atoms with Gasteiger partial charge in [0.2, 0.25) is 0 Å². The summed E-state index contributed by atoms with van der Waals surface area (Å²) in [6, 6.07) is 7.92. The standard InChI is InChI=1S/C12H14N4O/c1-17-8-9-3-2-4-10(5-9)16-12-7-14-11(13)6-15-12/h2-7H,8H2,1H3,(H2,13,14)(H,15,16). The predicted molar refractivity (Wildman–Crippen MR) is 66.9 cm³/mol. The summed E-state index contributed by atoms with van der Waals surface area (Å²) in [5.74, 6) is 1.07. The summed E-state index contributed by atoms with van der Waals surface area (Å²) in [5.41, 5.74) is 7.51. The van der Waals surface area contributed by atoms with E-state index in [9.17, 15) is 0 Å². The lowest BCUT2D eigenvalue weighted by Gasteiger charge is -2.07. The number of nitrogens with one attached hydrogen (secondary N) is 1. The first-order chi connectivity index (χ1) is 8.28. The Morgan fingerprint density at radius 1 is 1.29 bits per heavy atom.